The number of nitrogens with one attached hydrogen (secondary N) is 1. The van der Waals surface area contributed by atoms with Crippen LogP contribution in [0.15, 0.2) is 71.6 Å². The Bertz CT molecular complexity index is 1460. The van der Waals surface area contributed by atoms with E-state index >= 15 is 0 Å². The lowest BCUT2D eigenvalue weighted by Crippen LogP contribution is -2.10. The Balaban J connectivity index is 1.49. The van der Waals surface area contributed by atoms with Gasteiger partial charge in [-0.15, -0.1) is 0 Å². The van der Waals surface area contributed by atoms with Crippen LogP contribution >= 0.6 is 0 Å². The SMILES string of the molecule is Cc1coc2ccc(-c3cc(N[C@@H](C)c4cccc(-n5nccn5)c4)nc([N+](=O)[O-])n3)cc12. The fraction of sp³-hybridized carbons (Fsp3) is 0.130. The van der Waals surface area contributed by atoms with Crippen molar-refractivity contribution >= 4 is 22.7 Å². The molecule has 0 aliphatic heterocycles. The molecule has 33 heavy (non-hydrogen) atoms. The number of hydrogen-bond acceptors (Lipinski definition) is 8. The van der Waals surface area contributed by atoms with Gasteiger partial charge in [0.05, 0.1) is 30.4 Å². The average Bonchev–Trinajstić information content (AvgIpc) is 3.49. The zero-order valence-electron chi connectivity index (χ0n) is 17.8. The van der Waals surface area contributed by atoms with Crippen molar-refractivity contribution in [2.24, 2.45) is 0 Å². The normalized spacial score (nSPS) is 12.1. The molecule has 0 aliphatic rings. The average molecular weight is 441 g/mol. The maximum atomic E-state index is 11.5. The van der Waals surface area contributed by atoms with E-state index in [1.165, 1.54) is 4.80 Å². The second-order valence-corrected chi connectivity index (χ2v) is 7.60. The Morgan fingerprint density at radius 2 is 1.91 bits per heavy atom. The van der Waals surface area contributed by atoms with Crippen molar-refractivity contribution < 1.29 is 9.34 Å². The molecule has 0 saturated heterocycles. The molecule has 3 aromatic heterocycles. The van der Waals surface area contributed by atoms with E-state index in [4.69, 9.17) is 4.42 Å². The summed E-state index contributed by atoms with van der Waals surface area (Å²) in [5, 5.41) is 24.0. The van der Waals surface area contributed by atoms with Gasteiger partial charge in [0.25, 0.3) is 0 Å². The number of benzene rings is 2. The largest absolute Gasteiger partial charge is 0.471 e. The number of aromatic nitrogens is 5. The van der Waals surface area contributed by atoms with Gasteiger partial charge in [-0.25, -0.2) is 0 Å². The van der Waals surface area contributed by atoms with Crippen molar-refractivity contribution in [3.8, 4) is 16.9 Å². The van der Waals surface area contributed by atoms with Crippen LogP contribution in [-0.2, 0) is 0 Å². The van der Waals surface area contributed by atoms with Gasteiger partial charge in [-0.3, -0.25) is 0 Å². The molecule has 164 valence electrons. The molecule has 1 N–H and O–H groups in total. The highest BCUT2D eigenvalue weighted by Gasteiger charge is 2.20. The fourth-order valence-corrected chi connectivity index (χ4v) is 3.63. The van der Waals surface area contributed by atoms with Crippen molar-refractivity contribution in [1.82, 2.24) is 25.0 Å². The van der Waals surface area contributed by atoms with E-state index in [9.17, 15) is 10.1 Å². The lowest BCUT2D eigenvalue weighted by atomic mass is 10.1. The van der Waals surface area contributed by atoms with Gasteiger partial charge < -0.3 is 19.8 Å². The number of anilines is 1. The molecule has 5 aromatic rings. The molecule has 0 aliphatic carbocycles. The first-order valence-corrected chi connectivity index (χ1v) is 10.2. The highest BCUT2D eigenvalue weighted by Crippen LogP contribution is 2.29. The topological polar surface area (TPSA) is 125 Å². The Kier molecular flexibility index (Phi) is 5.02. The minimum absolute atomic E-state index is 0.193. The minimum Gasteiger partial charge on any atom is -0.464 e. The lowest BCUT2D eigenvalue weighted by Gasteiger charge is -2.14. The van der Waals surface area contributed by atoms with Gasteiger partial charge in [0.15, 0.2) is 5.69 Å². The zero-order valence-corrected chi connectivity index (χ0v) is 17.8. The van der Waals surface area contributed by atoms with E-state index in [2.05, 4.69) is 25.5 Å². The number of rotatable bonds is 6. The van der Waals surface area contributed by atoms with E-state index in [1.54, 1.807) is 24.7 Å². The third kappa shape index (κ3) is 4.01. The van der Waals surface area contributed by atoms with Gasteiger partial charge in [0.2, 0.25) is 5.82 Å². The summed E-state index contributed by atoms with van der Waals surface area (Å²) in [5.74, 6) is -0.119. The summed E-state index contributed by atoms with van der Waals surface area (Å²) in [6.45, 7) is 3.89. The van der Waals surface area contributed by atoms with Crippen molar-refractivity contribution in [2.45, 2.75) is 19.9 Å². The van der Waals surface area contributed by atoms with Crippen LogP contribution in [0.4, 0.5) is 11.8 Å². The Hall–Kier alpha value is -4.60. The molecule has 0 radical (unpaired) electrons. The number of aryl methyl sites for hydroxylation is 1. The molecule has 0 spiro atoms. The van der Waals surface area contributed by atoms with Crippen LogP contribution in [0, 0.1) is 17.0 Å². The second kappa shape index (κ2) is 8.15. The Morgan fingerprint density at radius 1 is 1.09 bits per heavy atom. The smallest absolute Gasteiger partial charge is 0.464 e. The van der Waals surface area contributed by atoms with Gasteiger partial charge in [-0.1, -0.05) is 17.1 Å². The van der Waals surface area contributed by atoms with Crippen LogP contribution < -0.4 is 5.32 Å². The van der Waals surface area contributed by atoms with Crippen molar-refractivity contribution in [3.63, 3.8) is 0 Å². The minimum atomic E-state index is -0.592. The standard InChI is InChI=1S/C23H19N7O3/c1-14-13-33-21-7-6-17(11-19(14)21)20-12-22(28-23(27-20)30(31)32)26-15(2)16-4-3-5-18(10-16)29-24-8-9-25-29/h3-13,15H,1-2H3,(H,26,27,28)/t15-/m0/s1. The fourth-order valence-electron chi connectivity index (χ4n) is 3.63. The second-order valence-electron chi connectivity index (χ2n) is 7.60. The number of fused-ring (bicyclic) bond motifs is 1. The summed E-state index contributed by atoms with van der Waals surface area (Å²) in [6, 6.07) is 14.8. The first kappa shape index (κ1) is 20.3. The molecule has 0 unspecified atom stereocenters. The molecule has 10 heteroatoms. The zero-order chi connectivity index (χ0) is 22.9. The molecule has 1 atom stereocenters. The van der Waals surface area contributed by atoms with E-state index in [0.29, 0.717) is 11.5 Å². The molecule has 3 heterocycles. The number of hydrogen-bond donors (Lipinski definition) is 1. The molecule has 5 rings (SSSR count). The molecule has 10 nitrogen and oxygen atoms in total. The molecule has 0 amide bonds. The van der Waals surface area contributed by atoms with Gasteiger partial charge in [0.1, 0.15) is 5.58 Å². The van der Waals surface area contributed by atoms with Crippen LogP contribution in [0.2, 0.25) is 0 Å². The van der Waals surface area contributed by atoms with E-state index in [0.717, 1.165) is 33.3 Å². The summed E-state index contributed by atoms with van der Waals surface area (Å²) in [7, 11) is 0. The highest BCUT2D eigenvalue weighted by atomic mass is 16.6. The molecule has 0 bridgehead atoms. The number of furan rings is 1. The predicted molar refractivity (Wildman–Crippen MR) is 122 cm³/mol. The van der Waals surface area contributed by atoms with Crippen LogP contribution in [0.1, 0.15) is 24.1 Å². The van der Waals surface area contributed by atoms with Crippen LogP contribution in [0.3, 0.4) is 0 Å². The maximum Gasteiger partial charge on any atom is 0.471 e. The lowest BCUT2D eigenvalue weighted by molar-refractivity contribution is -0.394. The molecule has 0 fully saturated rings. The van der Waals surface area contributed by atoms with Gasteiger partial charge in [0, 0.05) is 17.0 Å². The molecular formula is C23H19N7O3. The first-order chi connectivity index (χ1) is 16.0. The molecule has 2 aromatic carbocycles. The van der Waals surface area contributed by atoms with Crippen molar-refractivity contribution in [3.05, 3.63) is 88.4 Å². The van der Waals surface area contributed by atoms with E-state index in [1.807, 2.05) is 56.3 Å². The Morgan fingerprint density at radius 3 is 2.70 bits per heavy atom. The van der Waals surface area contributed by atoms with Crippen molar-refractivity contribution in [2.75, 3.05) is 5.32 Å². The summed E-state index contributed by atoms with van der Waals surface area (Å²) >= 11 is 0. The third-order valence-corrected chi connectivity index (χ3v) is 5.32. The van der Waals surface area contributed by atoms with Crippen LogP contribution in [-0.4, -0.2) is 29.9 Å². The first-order valence-electron chi connectivity index (χ1n) is 10.2. The van der Waals surface area contributed by atoms with E-state index in [-0.39, 0.29) is 6.04 Å². The van der Waals surface area contributed by atoms with Gasteiger partial charge in [-0.2, -0.15) is 15.0 Å². The van der Waals surface area contributed by atoms with Gasteiger partial charge >= 0.3 is 5.95 Å². The number of nitro groups is 1. The van der Waals surface area contributed by atoms with Crippen LogP contribution in [0.5, 0.6) is 0 Å². The maximum absolute atomic E-state index is 11.5. The summed E-state index contributed by atoms with van der Waals surface area (Å²) < 4.78 is 5.50. The quantitative estimate of drug-likeness (QED) is 0.292. The van der Waals surface area contributed by atoms with E-state index < -0.39 is 10.9 Å². The summed E-state index contributed by atoms with van der Waals surface area (Å²) in [5.41, 5.74) is 4.67. The predicted octanol–water partition coefficient (Wildman–Crippen LogP) is 4.86. The Labute approximate surface area is 188 Å². The molecule has 0 saturated carbocycles. The summed E-state index contributed by atoms with van der Waals surface area (Å²) in [6.07, 6.45) is 4.90. The summed E-state index contributed by atoms with van der Waals surface area (Å²) in [4.78, 5) is 20.7. The third-order valence-electron chi connectivity index (χ3n) is 5.32. The molecular weight excluding hydrogens is 422 g/mol. The highest BCUT2D eigenvalue weighted by molar-refractivity contribution is 5.85. The van der Waals surface area contributed by atoms with Gasteiger partial charge in [-0.05, 0) is 65.2 Å². The van der Waals surface area contributed by atoms with Crippen molar-refractivity contribution in [1.29, 1.82) is 0 Å². The van der Waals surface area contributed by atoms with Crippen LogP contribution in [0.25, 0.3) is 27.9 Å². The monoisotopic (exact) mass is 441 g/mol. The number of nitrogens with zero attached hydrogens (tertiary/aromatic N) is 6.